The van der Waals surface area contributed by atoms with Crippen LogP contribution in [0.5, 0.6) is 0 Å². The van der Waals surface area contributed by atoms with E-state index >= 15 is 0 Å². The molecular weight excluding hydrogens is 249 g/mol. The number of aliphatic hydroxyl groups excluding tert-OH is 1. The number of methoxy groups -OCH3 is 1. The molecule has 0 saturated carbocycles. The molecule has 0 aromatic heterocycles. The van der Waals surface area contributed by atoms with Gasteiger partial charge in [-0.3, -0.25) is 4.79 Å². The zero-order valence-corrected chi connectivity index (χ0v) is 11.3. The summed E-state index contributed by atoms with van der Waals surface area (Å²) in [6, 6.07) is 5.01. The average Bonchev–Trinajstić information content (AvgIpc) is 2.38. The normalized spacial score (nSPS) is 12.2. The van der Waals surface area contributed by atoms with E-state index in [4.69, 9.17) is 0 Å². The minimum Gasteiger partial charge on any atom is -0.469 e. The Morgan fingerprint density at radius 3 is 2.89 bits per heavy atom. The van der Waals surface area contributed by atoms with Crippen molar-refractivity contribution in [2.45, 2.75) is 25.9 Å². The summed E-state index contributed by atoms with van der Waals surface area (Å²) in [6.45, 7) is 2.71. The molecule has 0 aliphatic rings. The molecular formula is C14H20FNO3. The van der Waals surface area contributed by atoms with Gasteiger partial charge in [-0.2, -0.15) is 0 Å². The van der Waals surface area contributed by atoms with Gasteiger partial charge in [-0.1, -0.05) is 12.1 Å². The highest BCUT2D eigenvalue weighted by Crippen LogP contribution is 2.09. The summed E-state index contributed by atoms with van der Waals surface area (Å²) in [5, 5.41) is 12.6. The number of hydrogen-bond acceptors (Lipinski definition) is 4. The van der Waals surface area contributed by atoms with Crippen LogP contribution in [0.25, 0.3) is 0 Å². The molecule has 1 atom stereocenters. The Labute approximate surface area is 112 Å². The first-order valence-corrected chi connectivity index (χ1v) is 6.23. The number of esters is 1. The Bertz CT molecular complexity index is 423. The van der Waals surface area contributed by atoms with Gasteiger partial charge in [0.25, 0.3) is 0 Å². The monoisotopic (exact) mass is 269 g/mol. The first-order valence-electron chi connectivity index (χ1n) is 6.23. The van der Waals surface area contributed by atoms with Crippen molar-refractivity contribution in [3.8, 4) is 0 Å². The molecule has 1 unspecified atom stereocenters. The number of ether oxygens (including phenoxy) is 1. The van der Waals surface area contributed by atoms with Gasteiger partial charge in [0.2, 0.25) is 0 Å². The molecule has 0 fully saturated rings. The number of halogens is 1. The quantitative estimate of drug-likeness (QED) is 0.576. The van der Waals surface area contributed by atoms with Gasteiger partial charge in [-0.05, 0) is 37.1 Å². The van der Waals surface area contributed by atoms with Gasteiger partial charge in [-0.15, -0.1) is 0 Å². The van der Waals surface area contributed by atoms with E-state index in [1.54, 1.807) is 13.0 Å². The zero-order valence-electron chi connectivity index (χ0n) is 11.3. The lowest BCUT2D eigenvalue weighted by Gasteiger charge is -2.10. The maximum atomic E-state index is 13.1. The molecule has 1 aromatic rings. The van der Waals surface area contributed by atoms with Crippen LogP contribution in [0.1, 0.15) is 17.5 Å². The molecule has 0 heterocycles. The number of aliphatic hydroxyl groups is 1. The van der Waals surface area contributed by atoms with Gasteiger partial charge >= 0.3 is 5.97 Å². The van der Waals surface area contributed by atoms with Crippen LogP contribution < -0.4 is 5.32 Å². The Morgan fingerprint density at radius 1 is 1.53 bits per heavy atom. The van der Waals surface area contributed by atoms with Crippen molar-refractivity contribution >= 4 is 5.97 Å². The summed E-state index contributed by atoms with van der Waals surface area (Å²) in [4.78, 5) is 10.9. The van der Waals surface area contributed by atoms with Crippen molar-refractivity contribution in [3.05, 3.63) is 35.1 Å². The molecule has 19 heavy (non-hydrogen) atoms. The maximum absolute atomic E-state index is 13.1. The zero-order chi connectivity index (χ0) is 14.3. The van der Waals surface area contributed by atoms with Gasteiger partial charge in [0.05, 0.1) is 19.6 Å². The molecule has 4 nitrogen and oxygen atoms in total. The van der Waals surface area contributed by atoms with Crippen LogP contribution in [0.15, 0.2) is 18.2 Å². The molecule has 0 spiro atoms. The Morgan fingerprint density at radius 2 is 2.26 bits per heavy atom. The molecule has 0 aliphatic carbocycles. The van der Waals surface area contributed by atoms with Crippen LogP contribution in [0, 0.1) is 12.7 Å². The van der Waals surface area contributed by atoms with Crippen molar-refractivity contribution in [1.29, 1.82) is 0 Å². The Kier molecular flexibility index (Phi) is 6.45. The fourth-order valence-corrected chi connectivity index (χ4v) is 1.71. The van der Waals surface area contributed by atoms with Gasteiger partial charge in [-0.25, -0.2) is 4.39 Å². The fourth-order valence-electron chi connectivity index (χ4n) is 1.71. The number of nitrogens with one attached hydrogen (secondary N) is 1. The highest BCUT2D eigenvalue weighted by molar-refractivity contribution is 5.69. The second kappa shape index (κ2) is 7.86. The minimum atomic E-state index is -0.748. The minimum absolute atomic E-state index is 0.0147. The Hall–Kier alpha value is -1.46. The fraction of sp³-hybridized carbons (Fsp3) is 0.500. The number of hydrogen-bond donors (Lipinski definition) is 2. The third-order valence-corrected chi connectivity index (χ3v) is 2.82. The van der Waals surface area contributed by atoms with E-state index < -0.39 is 12.1 Å². The number of benzene rings is 1. The molecule has 0 aliphatic heterocycles. The Balaban J connectivity index is 2.23. The van der Waals surface area contributed by atoms with Crippen molar-refractivity contribution in [1.82, 2.24) is 5.32 Å². The summed E-state index contributed by atoms with van der Waals surface area (Å²) in [6.07, 6.45) is -0.0204. The first-order chi connectivity index (χ1) is 9.02. The van der Waals surface area contributed by atoms with E-state index in [2.05, 4.69) is 10.1 Å². The summed E-state index contributed by atoms with van der Waals surface area (Å²) in [5.41, 5.74) is 1.66. The van der Waals surface area contributed by atoms with Crippen LogP contribution >= 0.6 is 0 Å². The maximum Gasteiger partial charge on any atom is 0.308 e. The van der Waals surface area contributed by atoms with Gasteiger partial charge in [0, 0.05) is 6.54 Å². The smallest absolute Gasteiger partial charge is 0.308 e. The summed E-state index contributed by atoms with van der Waals surface area (Å²) in [5.74, 6) is -0.631. The molecule has 0 radical (unpaired) electrons. The van der Waals surface area contributed by atoms with Crippen LogP contribution in [-0.4, -0.2) is 37.4 Å². The van der Waals surface area contributed by atoms with E-state index in [0.29, 0.717) is 18.7 Å². The molecule has 1 rings (SSSR count). The average molecular weight is 269 g/mol. The van der Waals surface area contributed by atoms with Gasteiger partial charge in [0.1, 0.15) is 5.82 Å². The topological polar surface area (TPSA) is 58.6 Å². The lowest BCUT2D eigenvalue weighted by Crippen LogP contribution is -2.30. The highest BCUT2D eigenvalue weighted by Gasteiger charge is 2.10. The first kappa shape index (κ1) is 15.6. The summed E-state index contributed by atoms with van der Waals surface area (Å²) >= 11 is 0. The van der Waals surface area contributed by atoms with Crippen LogP contribution in [0.3, 0.4) is 0 Å². The van der Waals surface area contributed by atoms with E-state index in [1.807, 2.05) is 6.07 Å². The largest absolute Gasteiger partial charge is 0.469 e. The van der Waals surface area contributed by atoms with E-state index in [-0.39, 0.29) is 12.2 Å². The van der Waals surface area contributed by atoms with Crippen molar-refractivity contribution in [2.75, 3.05) is 20.2 Å². The van der Waals surface area contributed by atoms with Crippen molar-refractivity contribution in [2.24, 2.45) is 0 Å². The lowest BCUT2D eigenvalue weighted by atomic mass is 10.1. The predicted molar refractivity (Wildman–Crippen MR) is 70.4 cm³/mol. The van der Waals surface area contributed by atoms with Gasteiger partial charge < -0.3 is 15.2 Å². The number of aryl methyl sites for hydroxylation is 1. The number of rotatable bonds is 7. The third kappa shape index (κ3) is 5.81. The van der Waals surface area contributed by atoms with E-state index in [1.165, 1.54) is 13.2 Å². The van der Waals surface area contributed by atoms with Crippen molar-refractivity contribution in [3.63, 3.8) is 0 Å². The SMILES string of the molecule is COC(=O)CC(O)CNCCc1ccc(F)c(C)c1. The van der Waals surface area contributed by atoms with Crippen LogP contribution in [0.4, 0.5) is 4.39 Å². The third-order valence-electron chi connectivity index (χ3n) is 2.82. The van der Waals surface area contributed by atoms with E-state index in [0.717, 1.165) is 12.0 Å². The second-order valence-corrected chi connectivity index (χ2v) is 4.47. The van der Waals surface area contributed by atoms with Crippen LogP contribution in [-0.2, 0) is 16.0 Å². The molecule has 0 amide bonds. The van der Waals surface area contributed by atoms with Gasteiger partial charge in [0.15, 0.2) is 0 Å². The number of carbonyl (C=O) groups is 1. The van der Waals surface area contributed by atoms with Crippen LogP contribution in [0.2, 0.25) is 0 Å². The molecule has 1 aromatic carbocycles. The van der Waals surface area contributed by atoms with E-state index in [9.17, 15) is 14.3 Å². The van der Waals surface area contributed by atoms with Crippen molar-refractivity contribution < 1.29 is 19.0 Å². The molecule has 2 N–H and O–H groups in total. The second-order valence-electron chi connectivity index (χ2n) is 4.47. The number of carbonyl (C=O) groups excluding carboxylic acids is 1. The predicted octanol–water partition coefficient (Wildman–Crippen LogP) is 1.19. The standard InChI is InChI=1S/C14H20FNO3/c1-10-7-11(3-4-13(10)15)5-6-16-9-12(17)8-14(18)19-2/h3-4,7,12,16-17H,5-6,8-9H2,1-2H3. The summed E-state index contributed by atoms with van der Waals surface area (Å²) in [7, 11) is 1.29. The molecule has 0 saturated heterocycles. The lowest BCUT2D eigenvalue weighted by molar-refractivity contribution is -0.142. The summed E-state index contributed by atoms with van der Waals surface area (Å²) < 4.78 is 17.5. The highest BCUT2D eigenvalue weighted by atomic mass is 19.1. The molecule has 5 heteroatoms. The molecule has 106 valence electrons. The molecule has 0 bridgehead atoms.